The molecule has 0 aromatic rings. The van der Waals surface area contributed by atoms with Gasteiger partial charge < -0.3 is 50.1 Å². The summed E-state index contributed by atoms with van der Waals surface area (Å²) in [6, 6.07) is 0.709. The van der Waals surface area contributed by atoms with Gasteiger partial charge in [0.1, 0.15) is 32.5 Å². The molecule has 2 unspecified atom stereocenters. The number of carboxylic acids is 1. The third-order valence-corrected chi connectivity index (χ3v) is 18.5. The number of carbonyl (C=O) groups excluding carboxylic acids is 7. The highest BCUT2D eigenvalue weighted by atomic mass is 16.6. The number of rotatable bonds is 24. The molecule has 80 heavy (non-hydrogen) atoms. The predicted molar refractivity (Wildman–Crippen MR) is 299 cm³/mol. The molecule has 5 N–H and O–H groups in total. The maximum absolute atomic E-state index is 12.8. The van der Waals surface area contributed by atoms with Gasteiger partial charge in [-0.3, -0.25) is 9.59 Å². The number of aliphatic imine (C=N–C) groups is 2. The quantitative estimate of drug-likeness (QED) is 0.0260. The molecule has 6 aliphatic carbocycles. The van der Waals surface area contributed by atoms with Gasteiger partial charge in [-0.15, -0.1) is 0 Å². The maximum atomic E-state index is 12.8. The Morgan fingerprint density at radius 1 is 0.500 bits per heavy atom. The molecular formula is C60H98N6O14. The molecule has 6 saturated carbocycles. The van der Waals surface area contributed by atoms with Gasteiger partial charge >= 0.3 is 36.3 Å². The Labute approximate surface area is 475 Å². The molecule has 0 spiro atoms. The summed E-state index contributed by atoms with van der Waals surface area (Å²) in [4.78, 5) is 102. The largest absolute Gasteiger partial charge is 0.481 e. The van der Waals surface area contributed by atoms with Crippen molar-refractivity contribution in [3.63, 3.8) is 0 Å². The summed E-state index contributed by atoms with van der Waals surface area (Å²) >= 11 is 0. The molecule has 0 heterocycles. The average molecular weight is 1130 g/mol. The number of carbonyl (C=O) groups is 6. The zero-order valence-electron chi connectivity index (χ0n) is 48.7. The molecule has 0 aromatic heterocycles. The molecule has 20 heteroatoms. The monoisotopic (exact) mass is 1130 g/mol. The number of nitrogens with zero attached hydrogens (tertiary/aromatic N) is 2. The Bertz CT molecular complexity index is 1990. The molecule has 0 radical (unpaired) electrons. The minimum absolute atomic E-state index is 0.0107. The zero-order chi connectivity index (χ0) is 57.7. The van der Waals surface area contributed by atoms with Crippen LogP contribution in [-0.4, -0.2) is 122 Å². The van der Waals surface area contributed by atoms with Gasteiger partial charge in [0, 0.05) is 24.2 Å². The number of ether oxygens (including phenoxy) is 5. The first kappa shape index (κ1) is 65.6. The van der Waals surface area contributed by atoms with Crippen molar-refractivity contribution < 1.29 is 67.1 Å². The summed E-state index contributed by atoms with van der Waals surface area (Å²) in [6.07, 6.45) is 28.9. The van der Waals surface area contributed by atoms with Crippen LogP contribution in [0.1, 0.15) is 220 Å². The third-order valence-electron chi connectivity index (χ3n) is 18.5. The van der Waals surface area contributed by atoms with Crippen LogP contribution in [0.15, 0.2) is 9.98 Å². The molecule has 20 nitrogen and oxygen atoms in total. The molecule has 4 amide bonds. The molecule has 0 aromatic carbocycles. The summed E-state index contributed by atoms with van der Waals surface area (Å²) in [5, 5.41) is 20.7. The van der Waals surface area contributed by atoms with Crippen LogP contribution in [0.3, 0.4) is 0 Å². The minimum atomic E-state index is -1.10. The first-order chi connectivity index (χ1) is 38.5. The van der Waals surface area contributed by atoms with Crippen molar-refractivity contribution in [2.45, 2.75) is 263 Å². The van der Waals surface area contributed by atoms with Crippen LogP contribution in [0, 0.1) is 40.9 Å². The number of aliphatic carboxylic acids is 1. The van der Waals surface area contributed by atoms with Crippen LogP contribution in [0.25, 0.3) is 0 Å². The van der Waals surface area contributed by atoms with Crippen LogP contribution < -0.4 is 21.3 Å². The number of esters is 1. The Kier molecular flexibility index (Phi) is 29.2. The van der Waals surface area contributed by atoms with Gasteiger partial charge in [-0.25, -0.2) is 38.8 Å². The number of alkyl carbamates (subject to hydrolysis) is 4. The molecular weight excluding hydrogens is 1030 g/mol. The second-order valence-corrected chi connectivity index (χ2v) is 24.7. The highest BCUT2D eigenvalue weighted by molar-refractivity contribution is 5.76. The number of hydrogen-bond acceptors (Lipinski definition) is 15. The summed E-state index contributed by atoms with van der Waals surface area (Å²) in [7, 11) is 0. The van der Waals surface area contributed by atoms with Gasteiger partial charge in [-0.05, 0) is 216 Å². The molecule has 6 rings (SSSR count). The third kappa shape index (κ3) is 25.3. The smallest absolute Gasteiger partial charge is 0.407 e. The molecule has 6 aliphatic rings. The van der Waals surface area contributed by atoms with Gasteiger partial charge in [-0.2, -0.15) is 0 Å². The van der Waals surface area contributed by atoms with E-state index in [1.54, 1.807) is 19.1 Å². The molecule has 452 valence electrons. The average Bonchev–Trinajstić information content (AvgIpc) is 3.46. The van der Waals surface area contributed by atoms with Crippen molar-refractivity contribution in [2.24, 2.45) is 50.9 Å². The Morgan fingerprint density at radius 3 is 1.25 bits per heavy atom. The van der Waals surface area contributed by atoms with Crippen molar-refractivity contribution in [2.75, 3.05) is 26.4 Å². The normalized spacial score (nSPS) is 29.7. The molecule has 0 aliphatic heterocycles. The predicted octanol–water partition coefficient (Wildman–Crippen LogP) is 11.3. The van der Waals surface area contributed by atoms with Crippen LogP contribution in [0.4, 0.5) is 19.2 Å². The van der Waals surface area contributed by atoms with Crippen LogP contribution in [-0.2, 0) is 42.9 Å². The fourth-order valence-corrected chi connectivity index (χ4v) is 12.9. The fraction of sp³-hybridized carbons (Fsp3) is 0.867. The van der Waals surface area contributed by atoms with E-state index in [2.05, 4.69) is 45.1 Å². The summed E-state index contributed by atoms with van der Waals surface area (Å²) in [5.41, 5.74) is -0.984. The highest BCUT2D eigenvalue weighted by Gasteiger charge is 2.36. The Hall–Kier alpha value is -5.22. The first-order valence-electron chi connectivity index (χ1n) is 30.8. The van der Waals surface area contributed by atoms with E-state index in [-0.39, 0.29) is 75.5 Å². The Morgan fingerprint density at radius 2 is 0.863 bits per heavy atom. The number of carboxylic acid groups (broad SMARTS) is 1. The lowest BCUT2D eigenvalue weighted by molar-refractivity contribution is -0.152. The molecule has 0 bridgehead atoms. The fourth-order valence-electron chi connectivity index (χ4n) is 12.9. The van der Waals surface area contributed by atoms with Crippen molar-refractivity contribution >= 4 is 48.5 Å². The first-order valence-corrected chi connectivity index (χ1v) is 30.8. The van der Waals surface area contributed by atoms with E-state index < -0.39 is 47.8 Å². The number of nitrogens with one attached hydrogen (secondary N) is 4. The number of hydrogen-bond donors (Lipinski definition) is 5. The van der Waals surface area contributed by atoms with Gasteiger partial charge in [0.25, 0.3) is 0 Å². The van der Waals surface area contributed by atoms with E-state index in [0.717, 1.165) is 166 Å². The van der Waals surface area contributed by atoms with Crippen molar-refractivity contribution in [1.82, 2.24) is 21.3 Å². The summed E-state index contributed by atoms with van der Waals surface area (Å²) in [6.45, 7) is 7.59. The van der Waals surface area contributed by atoms with E-state index in [1.807, 2.05) is 6.92 Å². The zero-order valence-corrected chi connectivity index (χ0v) is 48.7. The van der Waals surface area contributed by atoms with Crippen molar-refractivity contribution in [3.8, 4) is 0 Å². The van der Waals surface area contributed by atoms with Crippen molar-refractivity contribution in [1.29, 1.82) is 0 Å². The van der Waals surface area contributed by atoms with Gasteiger partial charge in [-0.1, -0.05) is 27.2 Å². The van der Waals surface area contributed by atoms with Gasteiger partial charge in [0.05, 0.1) is 30.3 Å². The van der Waals surface area contributed by atoms with E-state index >= 15 is 0 Å². The SMILES string of the molecule is CCC(COC(=O)CCC(=O)O)(COC(=O)NC1CCC(C)CC1)COC(=O)NC1CCC(CC2CCC(N=C=O)CC2)CC1.CCC1CCC(NC(=O)OC(C)COC(=O)NC2CCC(CC3CCC(N=C=O)CC3)CC2)CC1. The lowest BCUT2D eigenvalue weighted by Gasteiger charge is -2.34. The van der Waals surface area contributed by atoms with Crippen LogP contribution in [0.5, 0.6) is 0 Å². The minimum Gasteiger partial charge on any atom is -0.481 e. The second kappa shape index (κ2) is 35.6. The molecule has 0 saturated heterocycles. The van der Waals surface area contributed by atoms with E-state index in [0.29, 0.717) is 30.1 Å². The summed E-state index contributed by atoms with van der Waals surface area (Å²) in [5.74, 6) is 2.37. The topological polar surface area (TPSA) is 276 Å². The molecule has 2 atom stereocenters. The summed E-state index contributed by atoms with van der Waals surface area (Å²) < 4.78 is 27.2. The van der Waals surface area contributed by atoms with E-state index in [1.165, 1.54) is 19.3 Å². The number of amides is 4. The Balaban J connectivity index is 0.000000303. The molecule has 6 fully saturated rings. The van der Waals surface area contributed by atoms with Crippen molar-refractivity contribution in [3.05, 3.63) is 0 Å². The lowest BCUT2D eigenvalue weighted by atomic mass is 9.76. The van der Waals surface area contributed by atoms with Gasteiger partial charge in [0.15, 0.2) is 0 Å². The van der Waals surface area contributed by atoms with Crippen LogP contribution in [0.2, 0.25) is 0 Å². The van der Waals surface area contributed by atoms with Gasteiger partial charge in [0.2, 0.25) is 12.2 Å². The van der Waals surface area contributed by atoms with E-state index in [4.69, 9.17) is 28.8 Å². The standard InChI is InChI=1S/C33H53N3O9.C27H45N3O5/c1-3-33(19-43-30(40)17-16-29(38)39,20-44-31(41)35-27-10-4-23(2)5-11-27)21-45-32(42)36-28-14-8-25(9-15-28)18-24-6-12-26(13-7-24)34-22-37;1-3-20-4-12-25(13-5-20)30-27(33)35-19(2)17-34-26(32)29-24-14-8-22(9-15-24)16-21-6-10-23(11-7-21)28-18-31/h23-28H,3-21H2,1-2H3,(H,35,41)(H,36,42)(H,38,39);19-25H,3-17H2,1-2H3,(H,29,32)(H,30,33). The van der Waals surface area contributed by atoms with Crippen LogP contribution >= 0.6 is 0 Å². The lowest BCUT2D eigenvalue weighted by Crippen LogP contribution is -2.44. The van der Waals surface area contributed by atoms with E-state index in [9.17, 15) is 38.4 Å². The second-order valence-electron chi connectivity index (χ2n) is 24.7. The number of isocyanates is 2. The highest BCUT2D eigenvalue weighted by Crippen LogP contribution is 2.38. The maximum Gasteiger partial charge on any atom is 0.407 e.